The maximum atomic E-state index is 11.3. The Labute approximate surface area is 51.2 Å². The Hall–Kier alpha value is -0.445. The second-order valence-corrected chi connectivity index (χ2v) is 1.60. The third-order valence-corrected chi connectivity index (χ3v) is 0.675. The van der Waals surface area contributed by atoms with E-state index >= 15 is 0 Å². The van der Waals surface area contributed by atoms with E-state index in [1.165, 1.54) is 0 Å². The zero-order chi connectivity index (χ0) is 7.33. The van der Waals surface area contributed by atoms with Crippen LogP contribution in [0.5, 0.6) is 0 Å². The fourth-order valence-electron chi connectivity index (χ4n) is 0.325. The minimum atomic E-state index is -4.71. The fourth-order valence-corrected chi connectivity index (χ4v) is 0.325. The van der Waals surface area contributed by atoms with Crippen molar-refractivity contribution in [1.29, 1.82) is 0 Å². The molecule has 0 radical (unpaired) electrons. The molecule has 1 nitrogen and oxygen atoms in total. The molecule has 54 valence electrons. The van der Waals surface area contributed by atoms with Crippen molar-refractivity contribution in [3.8, 4) is 0 Å². The lowest BCUT2D eigenvalue weighted by Gasteiger charge is -2.08. The predicted molar refractivity (Wildman–Crippen MR) is 30.1 cm³/mol. The predicted octanol–water partition coefficient (Wildman–Crippen LogP) is 1.38. The van der Waals surface area contributed by atoms with Crippen LogP contribution in [0.3, 0.4) is 0 Å². The highest BCUT2D eigenvalue weighted by atomic mass is 19.4. The summed E-state index contributed by atoms with van der Waals surface area (Å²) in [5, 5.41) is 8.02. The second-order valence-electron chi connectivity index (χ2n) is 1.60. The molecule has 0 aliphatic heterocycles. The first kappa shape index (κ1) is 8.55. The summed E-state index contributed by atoms with van der Waals surface area (Å²) in [7, 11) is 0. The van der Waals surface area contributed by atoms with Gasteiger partial charge in [-0.3, -0.25) is 0 Å². The van der Waals surface area contributed by atoms with Gasteiger partial charge in [0.1, 0.15) is 0 Å². The van der Waals surface area contributed by atoms with Crippen LogP contribution in [0.4, 0.5) is 12.9 Å². The molecule has 9 heavy (non-hydrogen) atoms. The maximum absolute atomic E-state index is 11.3. The smallest absolute Gasteiger partial charge is 0.449 e. The van der Waals surface area contributed by atoms with Crippen molar-refractivity contribution in [3.63, 3.8) is 0 Å². The number of aliphatic hydroxyl groups excluding tert-OH is 1. The molecule has 0 fully saturated rings. The zero-order valence-corrected chi connectivity index (χ0v) is 4.73. The van der Waals surface area contributed by atoms with Crippen molar-refractivity contribution < 1.29 is 18.1 Å². The lowest BCUT2D eigenvalue weighted by atomic mass is 9.86. The third kappa shape index (κ3) is 7.55. The first-order valence-corrected chi connectivity index (χ1v) is 2.53. The van der Waals surface area contributed by atoms with E-state index in [1.807, 2.05) is 0 Å². The number of hydrogen-bond acceptors (Lipinski definition) is 1. The molecule has 0 spiro atoms. The van der Waals surface area contributed by atoms with Crippen molar-refractivity contribution in [2.75, 3.05) is 6.61 Å². The first-order chi connectivity index (χ1) is 4.06. The number of halogens is 3. The summed E-state index contributed by atoms with van der Waals surface area (Å²) in [5.41, 5.74) is 0. The summed E-state index contributed by atoms with van der Waals surface area (Å²) in [4.78, 5) is 0. The van der Waals surface area contributed by atoms with Gasteiger partial charge in [-0.2, -0.15) is 0 Å². The van der Waals surface area contributed by atoms with Gasteiger partial charge in [0.15, 0.2) is 0 Å². The lowest BCUT2D eigenvalue weighted by molar-refractivity contribution is 0.342. The van der Waals surface area contributed by atoms with Crippen LogP contribution in [0.25, 0.3) is 0 Å². The molecule has 5 heteroatoms. The van der Waals surface area contributed by atoms with Gasteiger partial charge in [0, 0.05) is 0 Å². The Kier molecular flexibility index (Phi) is 3.38. The Morgan fingerprint density at radius 1 is 1.22 bits per heavy atom. The van der Waals surface area contributed by atoms with Gasteiger partial charge in [-0.05, 0) is 0 Å². The molecular weight excluding hydrogens is 132 g/mol. The molecule has 0 saturated carbocycles. The van der Waals surface area contributed by atoms with E-state index in [2.05, 4.69) is 0 Å². The van der Waals surface area contributed by atoms with E-state index in [1.54, 1.807) is 0 Å². The highest BCUT2D eigenvalue weighted by molar-refractivity contribution is 6.58. The minimum Gasteiger partial charge on any atom is -0.449 e. The van der Waals surface area contributed by atoms with Crippen LogP contribution in [0.2, 0.25) is 6.32 Å². The number of rotatable bonds is 3. The Morgan fingerprint density at radius 3 is 2.11 bits per heavy atom. The fraction of sp³-hybridized carbons (Fsp3) is 0.500. The Bertz CT molecular complexity index is 98.5. The van der Waals surface area contributed by atoms with E-state index in [9.17, 15) is 12.9 Å². The molecule has 0 aliphatic rings. The van der Waals surface area contributed by atoms with Crippen molar-refractivity contribution in [2.45, 2.75) is 6.32 Å². The van der Waals surface area contributed by atoms with Crippen LogP contribution in [-0.2, 0) is 0 Å². The van der Waals surface area contributed by atoms with Crippen molar-refractivity contribution in [2.24, 2.45) is 0 Å². The van der Waals surface area contributed by atoms with E-state index in [0.717, 1.165) is 12.2 Å². The van der Waals surface area contributed by atoms with Gasteiger partial charge in [-0.15, -0.1) is 6.08 Å². The zero-order valence-electron chi connectivity index (χ0n) is 4.73. The number of hydrogen-bond donors (Lipinski definition) is 1. The molecular formula is C4H7BF3O-. The van der Waals surface area contributed by atoms with Gasteiger partial charge in [-0.1, -0.05) is 12.4 Å². The average molecular weight is 139 g/mol. The van der Waals surface area contributed by atoms with Gasteiger partial charge >= 0.3 is 6.98 Å². The topological polar surface area (TPSA) is 20.2 Å². The van der Waals surface area contributed by atoms with E-state index in [-0.39, 0.29) is 6.61 Å². The van der Waals surface area contributed by atoms with Gasteiger partial charge in [-0.25, -0.2) is 0 Å². The lowest BCUT2D eigenvalue weighted by Crippen LogP contribution is -2.11. The summed E-state index contributed by atoms with van der Waals surface area (Å²) in [6, 6.07) is 0. The van der Waals surface area contributed by atoms with Crippen molar-refractivity contribution in [3.05, 3.63) is 12.2 Å². The summed E-state index contributed by atoms with van der Waals surface area (Å²) in [5.74, 6) is 0. The summed E-state index contributed by atoms with van der Waals surface area (Å²) < 4.78 is 33.9. The molecule has 0 saturated heterocycles. The van der Waals surface area contributed by atoms with Crippen molar-refractivity contribution >= 4 is 6.98 Å². The standard InChI is InChI=1S/C4H7BF3O/c6-5(7,8)3-1-2-4-9/h1-2,9H,3-4H2/q-1. The van der Waals surface area contributed by atoms with E-state index in [4.69, 9.17) is 5.11 Å². The molecule has 0 aliphatic carbocycles. The quantitative estimate of drug-likeness (QED) is 0.462. The molecule has 0 atom stereocenters. The van der Waals surface area contributed by atoms with Crippen LogP contribution in [0.1, 0.15) is 0 Å². The number of allylic oxidation sites excluding steroid dienone is 1. The first-order valence-electron chi connectivity index (χ1n) is 2.53. The van der Waals surface area contributed by atoms with E-state index in [0.29, 0.717) is 0 Å². The maximum Gasteiger partial charge on any atom is 0.482 e. The minimum absolute atomic E-state index is 0.327. The largest absolute Gasteiger partial charge is 0.482 e. The summed E-state index contributed by atoms with van der Waals surface area (Å²) in [6.45, 7) is -5.03. The average Bonchev–Trinajstić information content (AvgIpc) is 1.63. The number of aliphatic hydroxyl groups is 1. The molecule has 0 aromatic carbocycles. The molecule has 0 rings (SSSR count). The molecule has 0 unspecified atom stereocenters. The SMILES string of the molecule is OCC=CC[B-](F)(F)F. The summed E-state index contributed by atoms with van der Waals surface area (Å²) >= 11 is 0. The molecule has 0 aromatic rings. The van der Waals surface area contributed by atoms with Gasteiger partial charge in [0.2, 0.25) is 0 Å². The molecule has 0 aromatic heterocycles. The van der Waals surface area contributed by atoms with Crippen LogP contribution in [-0.4, -0.2) is 18.7 Å². The third-order valence-electron chi connectivity index (χ3n) is 0.675. The van der Waals surface area contributed by atoms with Crippen LogP contribution < -0.4 is 0 Å². The molecule has 0 heterocycles. The normalized spacial score (nSPS) is 12.9. The molecule has 0 bridgehead atoms. The van der Waals surface area contributed by atoms with E-state index < -0.39 is 13.3 Å². The van der Waals surface area contributed by atoms with Gasteiger partial charge in [0.25, 0.3) is 0 Å². The highest BCUT2D eigenvalue weighted by Gasteiger charge is 2.19. The van der Waals surface area contributed by atoms with Crippen LogP contribution in [0, 0.1) is 0 Å². The molecule has 0 amide bonds. The van der Waals surface area contributed by atoms with Crippen LogP contribution in [0.15, 0.2) is 12.2 Å². The Balaban J connectivity index is 3.38. The van der Waals surface area contributed by atoms with Crippen LogP contribution >= 0.6 is 0 Å². The molecule has 1 N–H and O–H groups in total. The van der Waals surface area contributed by atoms with Gasteiger partial charge in [0.05, 0.1) is 6.61 Å². The Morgan fingerprint density at radius 2 is 1.78 bits per heavy atom. The monoisotopic (exact) mass is 139 g/mol. The second kappa shape index (κ2) is 3.56. The highest BCUT2D eigenvalue weighted by Crippen LogP contribution is 2.14. The van der Waals surface area contributed by atoms with Gasteiger partial charge < -0.3 is 18.1 Å². The van der Waals surface area contributed by atoms with Crippen molar-refractivity contribution in [1.82, 2.24) is 0 Å². The summed E-state index contributed by atoms with van der Waals surface area (Å²) in [6.07, 6.45) is 1.09.